The fourth-order valence-electron chi connectivity index (χ4n) is 3.25. The third-order valence-electron chi connectivity index (χ3n) is 4.47. The van der Waals surface area contributed by atoms with Crippen LogP contribution in [0.4, 0.5) is 0 Å². The zero-order chi connectivity index (χ0) is 16.1. The number of halogens is 1. The van der Waals surface area contributed by atoms with Crippen molar-refractivity contribution in [2.45, 2.75) is 12.0 Å². The Morgan fingerprint density at radius 2 is 1.79 bits per heavy atom. The van der Waals surface area contributed by atoms with Gasteiger partial charge < -0.3 is 10.5 Å². The van der Waals surface area contributed by atoms with E-state index in [0.29, 0.717) is 5.92 Å². The first-order valence-corrected chi connectivity index (χ1v) is 8.10. The number of hydrogen-bond donors (Lipinski definition) is 1. The summed E-state index contributed by atoms with van der Waals surface area (Å²) in [6.45, 7) is 2.87. The van der Waals surface area contributed by atoms with Crippen LogP contribution in [0.3, 0.4) is 0 Å². The molecule has 3 rings (SSSR count). The lowest BCUT2D eigenvalue weighted by Crippen LogP contribution is -2.28. The molecule has 24 heavy (non-hydrogen) atoms. The monoisotopic (exact) mass is 344 g/mol. The molecule has 0 aliphatic carbocycles. The topological polar surface area (TPSA) is 38.5 Å². The highest BCUT2D eigenvalue weighted by molar-refractivity contribution is 5.85. The molecule has 0 saturated carbocycles. The molecule has 4 heteroatoms. The molecule has 1 heterocycles. The summed E-state index contributed by atoms with van der Waals surface area (Å²) in [5.74, 6) is 1.33. The molecular weight excluding hydrogens is 320 g/mol. The van der Waals surface area contributed by atoms with Crippen molar-refractivity contribution >= 4 is 18.5 Å². The third-order valence-corrected chi connectivity index (χ3v) is 4.47. The predicted octanol–water partition coefficient (Wildman–Crippen LogP) is 3.56. The van der Waals surface area contributed by atoms with E-state index < -0.39 is 0 Å². The molecule has 0 amide bonds. The van der Waals surface area contributed by atoms with E-state index in [9.17, 15) is 0 Å². The summed E-state index contributed by atoms with van der Waals surface area (Å²) in [6.07, 6.45) is 4.32. The maximum absolute atomic E-state index is 6.34. The molecule has 0 aromatic heterocycles. The molecule has 1 aliphatic heterocycles. The number of rotatable bonds is 5. The molecule has 2 aromatic rings. The van der Waals surface area contributed by atoms with Gasteiger partial charge in [0.05, 0.1) is 7.11 Å². The van der Waals surface area contributed by atoms with Gasteiger partial charge >= 0.3 is 0 Å². The summed E-state index contributed by atoms with van der Waals surface area (Å²) in [5, 5.41) is 0. The Labute approximate surface area is 150 Å². The Hall–Kier alpha value is -1.81. The first-order chi connectivity index (χ1) is 11.3. The summed E-state index contributed by atoms with van der Waals surface area (Å²) in [4.78, 5) is 2.41. The van der Waals surface area contributed by atoms with Gasteiger partial charge in [-0.15, -0.1) is 12.4 Å². The quantitative estimate of drug-likeness (QED) is 0.901. The maximum atomic E-state index is 6.34. The van der Waals surface area contributed by atoms with Crippen molar-refractivity contribution < 1.29 is 4.74 Å². The second-order valence-electron chi connectivity index (χ2n) is 6.04. The van der Waals surface area contributed by atoms with Crippen LogP contribution in [-0.4, -0.2) is 37.7 Å². The van der Waals surface area contributed by atoms with Crippen LogP contribution >= 0.6 is 12.4 Å². The Bertz CT molecular complexity index is 660. The van der Waals surface area contributed by atoms with E-state index in [1.807, 2.05) is 18.2 Å². The summed E-state index contributed by atoms with van der Waals surface area (Å²) in [7, 11) is 1.70. The van der Waals surface area contributed by atoms with E-state index in [1.54, 1.807) is 7.11 Å². The molecule has 2 atom stereocenters. The molecule has 0 unspecified atom stereocenters. The molecule has 2 N–H and O–H groups in total. The Morgan fingerprint density at radius 1 is 1.08 bits per heavy atom. The van der Waals surface area contributed by atoms with Crippen LogP contribution in [0, 0.1) is 0 Å². The number of ether oxygens (including phenoxy) is 1. The first-order valence-electron chi connectivity index (χ1n) is 8.10. The van der Waals surface area contributed by atoms with Crippen LogP contribution in [0.25, 0.3) is 6.08 Å². The van der Waals surface area contributed by atoms with Crippen molar-refractivity contribution in [2.75, 3.05) is 26.7 Å². The minimum atomic E-state index is 0. The Balaban J connectivity index is 0.00000208. The minimum absolute atomic E-state index is 0. The molecular formula is C20H25ClN2O. The summed E-state index contributed by atoms with van der Waals surface area (Å²) in [5.41, 5.74) is 8.80. The van der Waals surface area contributed by atoms with E-state index in [1.165, 1.54) is 5.56 Å². The van der Waals surface area contributed by atoms with Crippen LogP contribution in [0.1, 0.15) is 17.0 Å². The van der Waals surface area contributed by atoms with Crippen molar-refractivity contribution in [3.05, 3.63) is 71.8 Å². The van der Waals surface area contributed by atoms with Crippen molar-refractivity contribution in [3.63, 3.8) is 0 Å². The molecule has 1 saturated heterocycles. The fourth-order valence-corrected chi connectivity index (χ4v) is 3.25. The smallest absolute Gasteiger partial charge is 0.126 e. The van der Waals surface area contributed by atoms with Gasteiger partial charge in [-0.25, -0.2) is 0 Å². The lowest BCUT2D eigenvalue weighted by atomic mass is 9.95. The van der Waals surface area contributed by atoms with Crippen LogP contribution in [0.2, 0.25) is 0 Å². The van der Waals surface area contributed by atoms with E-state index in [0.717, 1.165) is 30.9 Å². The highest BCUT2D eigenvalue weighted by atomic mass is 35.5. The van der Waals surface area contributed by atoms with Crippen LogP contribution in [0.5, 0.6) is 5.75 Å². The van der Waals surface area contributed by atoms with Crippen molar-refractivity contribution in [1.82, 2.24) is 4.90 Å². The van der Waals surface area contributed by atoms with Gasteiger partial charge in [0.15, 0.2) is 0 Å². The minimum Gasteiger partial charge on any atom is -0.496 e. The average Bonchev–Trinajstić information content (AvgIpc) is 2.97. The molecule has 0 spiro atoms. The van der Waals surface area contributed by atoms with E-state index in [2.05, 4.69) is 53.5 Å². The molecule has 2 aromatic carbocycles. The number of para-hydroxylation sites is 1. The van der Waals surface area contributed by atoms with Gasteiger partial charge in [-0.05, 0) is 11.6 Å². The van der Waals surface area contributed by atoms with Crippen LogP contribution in [-0.2, 0) is 0 Å². The molecule has 0 bridgehead atoms. The highest BCUT2D eigenvalue weighted by Gasteiger charge is 2.30. The number of nitrogens with zero attached hydrogens (tertiary/aromatic N) is 1. The molecule has 0 radical (unpaired) electrons. The lowest BCUT2D eigenvalue weighted by Gasteiger charge is -2.14. The van der Waals surface area contributed by atoms with Gasteiger partial charge in [0.2, 0.25) is 0 Å². The second kappa shape index (κ2) is 8.88. The zero-order valence-corrected chi connectivity index (χ0v) is 14.8. The van der Waals surface area contributed by atoms with Crippen molar-refractivity contribution in [3.8, 4) is 5.75 Å². The second-order valence-corrected chi connectivity index (χ2v) is 6.04. The normalized spacial score (nSPS) is 20.9. The average molecular weight is 345 g/mol. The van der Waals surface area contributed by atoms with Crippen LogP contribution in [0.15, 0.2) is 60.7 Å². The van der Waals surface area contributed by atoms with Gasteiger partial charge in [-0.1, -0.05) is 60.7 Å². The summed E-state index contributed by atoms with van der Waals surface area (Å²) < 4.78 is 5.37. The van der Waals surface area contributed by atoms with E-state index in [-0.39, 0.29) is 18.4 Å². The standard InChI is InChI=1S/C20H24N2O.ClH/c1-23-20-12-6-5-10-17(20)11-7-13-22-14-18(19(21)15-22)16-8-3-2-4-9-16;/h2-12,18-19H,13-15,21H2,1H3;1H/b11-7+;/t18-,19+;/m0./s1. The first kappa shape index (κ1) is 18.5. The number of hydrogen-bond acceptors (Lipinski definition) is 3. The zero-order valence-electron chi connectivity index (χ0n) is 14.0. The Morgan fingerprint density at radius 3 is 2.54 bits per heavy atom. The summed E-state index contributed by atoms with van der Waals surface area (Å²) in [6, 6.07) is 18.9. The number of methoxy groups -OCH3 is 1. The van der Waals surface area contributed by atoms with Gasteiger partial charge in [-0.2, -0.15) is 0 Å². The Kier molecular flexibility index (Phi) is 6.85. The maximum Gasteiger partial charge on any atom is 0.126 e. The largest absolute Gasteiger partial charge is 0.496 e. The van der Waals surface area contributed by atoms with E-state index >= 15 is 0 Å². The number of likely N-dealkylation sites (tertiary alicyclic amines) is 1. The molecule has 1 fully saturated rings. The predicted molar refractivity (Wildman–Crippen MR) is 103 cm³/mol. The van der Waals surface area contributed by atoms with Crippen molar-refractivity contribution in [1.29, 1.82) is 0 Å². The van der Waals surface area contributed by atoms with Gasteiger partial charge in [0.25, 0.3) is 0 Å². The number of nitrogens with two attached hydrogens (primary N) is 1. The van der Waals surface area contributed by atoms with Crippen LogP contribution < -0.4 is 10.5 Å². The van der Waals surface area contributed by atoms with Gasteiger partial charge in [-0.3, -0.25) is 4.90 Å². The third kappa shape index (κ3) is 4.38. The van der Waals surface area contributed by atoms with Gasteiger partial charge in [0.1, 0.15) is 5.75 Å². The fraction of sp³-hybridized carbons (Fsp3) is 0.300. The molecule has 128 valence electrons. The SMILES string of the molecule is COc1ccccc1/C=C/CN1C[C@@H](N)[C@H](c2ccccc2)C1.Cl. The molecule has 3 nitrogen and oxygen atoms in total. The number of benzene rings is 2. The molecule has 1 aliphatic rings. The highest BCUT2D eigenvalue weighted by Crippen LogP contribution is 2.26. The lowest BCUT2D eigenvalue weighted by molar-refractivity contribution is 0.369. The summed E-state index contributed by atoms with van der Waals surface area (Å²) >= 11 is 0. The van der Waals surface area contributed by atoms with E-state index in [4.69, 9.17) is 10.5 Å². The van der Waals surface area contributed by atoms with Gasteiger partial charge in [0, 0.05) is 37.2 Å². The van der Waals surface area contributed by atoms with Crippen molar-refractivity contribution in [2.24, 2.45) is 5.73 Å².